The second-order valence-electron chi connectivity index (χ2n) is 5.62. The van der Waals surface area contributed by atoms with Crippen LogP contribution in [0, 0.1) is 6.92 Å². The van der Waals surface area contributed by atoms with Gasteiger partial charge in [-0.2, -0.15) is 4.98 Å². The van der Waals surface area contributed by atoms with Crippen molar-refractivity contribution in [1.29, 1.82) is 0 Å². The Balaban J connectivity index is 1.70. The molecule has 6 nitrogen and oxygen atoms in total. The number of benzene rings is 1. The summed E-state index contributed by atoms with van der Waals surface area (Å²) in [4.78, 5) is 9.03. The van der Waals surface area contributed by atoms with Gasteiger partial charge in [0.1, 0.15) is 5.82 Å². The Labute approximate surface area is 122 Å². The van der Waals surface area contributed by atoms with E-state index >= 15 is 0 Å². The first-order valence-corrected chi connectivity index (χ1v) is 7.25. The molecule has 0 spiro atoms. The van der Waals surface area contributed by atoms with Gasteiger partial charge in [-0.25, -0.2) is 4.98 Å². The van der Waals surface area contributed by atoms with E-state index in [9.17, 15) is 0 Å². The molecule has 1 aliphatic rings. The lowest BCUT2D eigenvalue weighted by atomic mass is 10.2. The molecular formula is C15H17N5O. The minimum absolute atomic E-state index is 0.589. The average molecular weight is 283 g/mol. The molecule has 2 aromatic heterocycles. The normalized spacial score (nSPS) is 14.9. The van der Waals surface area contributed by atoms with E-state index in [1.165, 1.54) is 12.8 Å². The summed E-state index contributed by atoms with van der Waals surface area (Å²) in [7, 11) is 0. The highest BCUT2D eigenvalue weighted by molar-refractivity contribution is 5.79. The summed E-state index contributed by atoms with van der Waals surface area (Å²) in [6.45, 7) is 2.62. The summed E-state index contributed by atoms with van der Waals surface area (Å²) < 4.78 is 7.30. The van der Waals surface area contributed by atoms with Gasteiger partial charge in [-0.3, -0.25) is 0 Å². The van der Waals surface area contributed by atoms with E-state index in [2.05, 4.69) is 14.7 Å². The second-order valence-corrected chi connectivity index (χ2v) is 5.62. The molecule has 6 heteroatoms. The number of nitrogens with zero attached hydrogens (tertiary/aromatic N) is 4. The van der Waals surface area contributed by atoms with E-state index in [0.717, 1.165) is 41.3 Å². The van der Waals surface area contributed by atoms with E-state index < -0.39 is 0 Å². The van der Waals surface area contributed by atoms with Gasteiger partial charge in [0.2, 0.25) is 5.89 Å². The van der Waals surface area contributed by atoms with Crippen LogP contribution < -0.4 is 5.73 Å². The summed E-state index contributed by atoms with van der Waals surface area (Å²) in [5.41, 5.74) is 8.72. The van der Waals surface area contributed by atoms with E-state index in [4.69, 9.17) is 15.2 Å². The maximum Gasteiger partial charge on any atom is 0.223 e. The smallest absolute Gasteiger partial charge is 0.223 e. The minimum Gasteiger partial charge on any atom is -0.399 e. The zero-order valence-corrected chi connectivity index (χ0v) is 11.9. The summed E-state index contributed by atoms with van der Waals surface area (Å²) >= 11 is 0. The monoisotopic (exact) mass is 283 g/mol. The number of hydrogen-bond acceptors (Lipinski definition) is 5. The molecule has 0 atom stereocenters. The minimum atomic E-state index is 0.589. The SMILES string of the molecule is Cc1nc(CCn2c(C3CC3)nc3cc(N)ccc32)no1. The molecular weight excluding hydrogens is 266 g/mol. The fourth-order valence-electron chi connectivity index (χ4n) is 2.71. The van der Waals surface area contributed by atoms with Crippen LogP contribution in [0.15, 0.2) is 22.7 Å². The number of hydrogen-bond donors (Lipinski definition) is 1. The lowest BCUT2D eigenvalue weighted by molar-refractivity contribution is 0.386. The fraction of sp³-hybridized carbons (Fsp3) is 0.400. The average Bonchev–Trinajstić information content (AvgIpc) is 3.13. The Kier molecular flexibility index (Phi) is 2.70. The third-order valence-corrected chi connectivity index (χ3v) is 3.87. The Bertz CT molecular complexity index is 800. The molecule has 0 unspecified atom stereocenters. The van der Waals surface area contributed by atoms with Crippen LogP contribution in [0.1, 0.15) is 36.3 Å². The molecule has 108 valence electrons. The number of nitrogens with two attached hydrogens (primary N) is 1. The van der Waals surface area contributed by atoms with Gasteiger partial charge in [-0.15, -0.1) is 0 Å². The van der Waals surface area contributed by atoms with Crippen molar-refractivity contribution in [1.82, 2.24) is 19.7 Å². The van der Waals surface area contributed by atoms with Gasteiger partial charge in [-0.05, 0) is 31.0 Å². The van der Waals surface area contributed by atoms with Gasteiger partial charge in [0.25, 0.3) is 0 Å². The van der Waals surface area contributed by atoms with Crippen LogP contribution in [0.3, 0.4) is 0 Å². The maximum absolute atomic E-state index is 5.86. The predicted molar refractivity (Wildman–Crippen MR) is 78.9 cm³/mol. The summed E-state index contributed by atoms with van der Waals surface area (Å²) in [5, 5.41) is 3.96. The van der Waals surface area contributed by atoms with Crippen LogP contribution >= 0.6 is 0 Å². The van der Waals surface area contributed by atoms with Crippen molar-refractivity contribution in [2.75, 3.05) is 5.73 Å². The number of imidazole rings is 1. The fourth-order valence-corrected chi connectivity index (χ4v) is 2.71. The highest BCUT2D eigenvalue weighted by Crippen LogP contribution is 2.40. The second kappa shape index (κ2) is 4.58. The Morgan fingerprint density at radius 1 is 1.33 bits per heavy atom. The van der Waals surface area contributed by atoms with Crippen LogP contribution in [0.4, 0.5) is 5.69 Å². The number of fused-ring (bicyclic) bond motifs is 1. The Morgan fingerprint density at radius 2 is 2.19 bits per heavy atom. The summed E-state index contributed by atoms with van der Waals surface area (Å²) in [5.74, 6) is 3.10. The van der Waals surface area contributed by atoms with Crippen LogP contribution in [0.25, 0.3) is 11.0 Å². The van der Waals surface area contributed by atoms with Crippen LogP contribution in [-0.2, 0) is 13.0 Å². The van der Waals surface area contributed by atoms with Crippen molar-refractivity contribution in [2.24, 2.45) is 0 Å². The Morgan fingerprint density at radius 3 is 2.90 bits per heavy atom. The molecule has 1 saturated carbocycles. The van der Waals surface area contributed by atoms with Gasteiger partial charge in [0.05, 0.1) is 11.0 Å². The van der Waals surface area contributed by atoms with Gasteiger partial charge in [0, 0.05) is 31.5 Å². The van der Waals surface area contributed by atoms with E-state index in [0.29, 0.717) is 11.8 Å². The topological polar surface area (TPSA) is 82.8 Å². The molecule has 1 aromatic carbocycles. The first kappa shape index (κ1) is 12.4. The standard InChI is InChI=1S/C15H17N5O/c1-9-17-14(19-21-9)6-7-20-13-5-4-11(16)8-12(13)18-15(20)10-2-3-10/h4-5,8,10H,2-3,6-7,16H2,1H3. The molecule has 0 bridgehead atoms. The van der Waals surface area contributed by atoms with Crippen LogP contribution in [-0.4, -0.2) is 19.7 Å². The molecule has 3 aromatic rings. The maximum atomic E-state index is 5.86. The van der Waals surface area contributed by atoms with Gasteiger partial charge < -0.3 is 14.8 Å². The van der Waals surface area contributed by atoms with Crippen molar-refractivity contribution in [3.8, 4) is 0 Å². The van der Waals surface area contributed by atoms with Crippen LogP contribution in [0.2, 0.25) is 0 Å². The number of aryl methyl sites for hydroxylation is 3. The van der Waals surface area contributed by atoms with E-state index in [-0.39, 0.29) is 0 Å². The van der Waals surface area contributed by atoms with Gasteiger partial charge in [0.15, 0.2) is 5.82 Å². The molecule has 1 fully saturated rings. The van der Waals surface area contributed by atoms with E-state index in [1.54, 1.807) is 0 Å². The van der Waals surface area contributed by atoms with E-state index in [1.807, 2.05) is 25.1 Å². The van der Waals surface area contributed by atoms with Crippen LogP contribution in [0.5, 0.6) is 0 Å². The number of anilines is 1. The number of aromatic nitrogens is 4. The zero-order chi connectivity index (χ0) is 14.4. The quantitative estimate of drug-likeness (QED) is 0.743. The van der Waals surface area contributed by atoms with Gasteiger partial charge in [-0.1, -0.05) is 5.16 Å². The molecule has 1 aliphatic carbocycles. The molecule has 0 radical (unpaired) electrons. The predicted octanol–water partition coefficient (Wildman–Crippen LogP) is 2.43. The van der Waals surface area contributed by atoms with Gasteiger partial charge >= 0.3 is 0 Å². The molecule has 2 heterocycles. The molecule has 21 heavy (non-hydrogen) atoms. The molecule has 2 N–H and O–H groups in total. The summed E-state index contributed by atoms with van der Waals surface area (Å²) in [6, 6.07) is 5.91. The Hall–Kier alpha value is -2.37. The van der Waals surface area contributed by atoms with Crippen molar-refractivity contribution < 1.29 is 4.52 Å². The number of nitrogen functional groups attached to an aromatic ring is 1. The molecule has 0 aliphatic heterocycles. The highest BCUT2D eigenvalue weighted by Gasteiger charge is 2.29. The van der Waals surface area contributed by atoms with Crippen molar-refractivity contribution >= 4 is 16.7 Å². The molecule has 0 saturated heterocycles. The van der Waals surface area contributed by atoms with Crippen molar-refractivity contribution in [3.05, 3.63) is 35.7 Å². The van der Waals surface area contributed by atoms with Crippen molar-refractivity contribution in [2.45, 2.75) is 38.6 Å². The summed E-state index contributed by atoms with van der Waals surface area (Å²) in [6.07, 6.45) is 3.19. The first-order valence-electron chi connectivity index (χ1n) is 7.25. The lowest BCUT2D eigenvalue weighted by Crippen LogP contribution is -2.06. The highest BCUT2D eigenvalue weighted by atomic mass is 16.5. The first-order chi connectivity index (χ1) is 10.2. The zero-order valence-electron chi connectivity index (χ0n) is 11.9. The molecule has 0 amide bonds. The third kappa shape index (κ3) is 2.26. The lowest BCUT2D eigenvalue weighted by Gasteiger charge is -2.07. The largest absolute Gasteiger partial charge is 0.399 e. The van der Waals surface area contributed by atoms with Crippen molar-refractivity contribution in [3.63, 3.8) is 0 Å². The third-order valence-electron chi connectivity index (χ3n) is 3.87. The molecule has 4 rings (SSSR count). The number of rotatable bonds is 4.